The third-order valence-corrected chi connectivity index (χ3v) is 8.87. The summed E-state index contributed by atoms with van der Waals surface area (Å²) in [6.45, 7) is 0.377. The molecule has 2 aromatic heterocycles. The molecule has 2 aliphatic rings. The molecule has 2 fully saturated rings. The lowest BCUT2D eigenvalue weighted by Crippen LogP contribution is -2.61. The summed E-state index contributed by atoms with van der Waals surface area (Å²) in [5.74, 6) is 0.201. The number of hydrogen-bond acceptors (Lipinski definition) is 12. The zero-order chi connectivity index (χ0) is 33.7. The highest BCUT2D eigenvalue weighted by Gasteiger charge is 2.52. The summed E-state index contributed by atoms with van der Waals surface area (Å²) >= 11 is 0. The fraction of sp³-hybridized carbons (Fsp3) is 0.361. The van der Waals surface area contributed by atoms with E-state index in [1.807, 2.05) is 91.0 Å². The number of imidazole rings is 1. The highest BCUT2D eigenvalue weighted by molar-refractivity contribution is 5.81. The lowest BCUT2D eigenvalue weighted by Gasteiger charge is -2.43. The van der Waals surface area contributed by atoms with E-state index in [4.69, 9.17) is 29.4 Å². The van der Waals surface area contributed by atoms with Gasteiger partial charge in [-0.05, 0) is 16.7 Å². The fourth-order valence-electron chi connectivity index (χ4n) is 6.30. The second-order valence-corrected chi connectivity index (χ2v) is 12.2. The van der Waals surface area contributed by atoms with E-state index in [2.05, 4.69) is 15.0 Å². The van der Waals surface area contributed by atoms with E-state index >= 15 is 0 Å². The topological polar surface area (TPSA) is 176 Å². The second kappa shape index (κ2) is 15.1. The van der Waals surface area contributed by atoms with E-state index in [-0.39, 0.29) is 25.6 Å². The molecule has 0 amide bonds. The maximum Gasteiger partial charge on any atom is 0.187 e. The van der Waals surface area contributed by atoms with E-state index in [1.54, 1.807) is 4.57 Å². The summed E-state index contributed by atoms with van der Waals surface area (Å²) in [4.78, 5) is 12.7. The van der Waals surface area contributed by atoms with Gasteiger partial charge < -0.3 is 44.7 Å². The lowest BCUT2D eigenvalue weighted by atomic mass is 9.98. The number of anilines is 1. The number of nitrogens with zero attached hydrogens (tertiary/aromatic N) is 4. The molecule has 0 aliphatic carbocycles. The highest BCUT2D eigenvalue weighted by Crippen LogP contribution is 2.37. The zero-order valence-corrected chi connectivity index (χ0v) is 26.6. The number of nitrogens with two attached hydrogens (primary N) is 1. The normalized spacial score (nSPS) is 28.6. The fourth-order valence-corrected chi connectivity index (χ4v) is 6.30. The largest absolute Gasteiger partial charge is 0.387 e. The number of aliphatic hydroxyl groups excluding tert-OH is 3. The first kappa shape index (κ1) is 33.2. The van der Waals surface area contributed by atoms with Crippen LogP contribution >= 0.6 is 0 Å². The predicted molar refractivity (Wildman–Crippen MR) is 176 cm³/mol. The van der Waals surface area contributed by atoms with Gasteiger partial charge in [0.1, 0.15) is 48.5 Å². The Labute approximate surface area is 282 Å². The van der Waals surface area contributed by atoms with Crippen LogP contribution in [0.1, 0.15) is 22.9 Å². The molecule has 0 spiro atoms. The molecule has 2 saturated heterocycles. The molecule has 5 aromatic rings. The van der Waals surface area contributed by atoms with Gasteiger partial charge in [-0.3, -0.25) is 4.57 Å². The van der Waals surface area contributed by atoms with Gasteiger partial charge in [-0.25, -0.2) is 15.0 Å². The van der Waals surface area contributed by atoms with Gasteiger partial charge >= 0.3 is 0 Å². The van der Waals surface area contributed by atoms with Crippen LogP contribution in [-0.4, -0.2) is 90.5 Å². The molecule has 0 saturated carbocycles. The molecule has 2 aliphatic heterocycles. The van der Waals surface area contributed by atoms with Gasteiger partial charge in [-0.2, -0.15) is 0 Å². The molecule has 0 radical (unpaired) electrons. The van der Waals surface area contributed by atoms with Crippen molar-refractivity contribution in [2.75, 3.05) is 12.3 Å². The molecular formula is C36H39N5O8. The lowest BCUT2D eigenvalue weighted by molar-refractivity contribution is -0.328. The van der Waals surface area contributed by atoms with Crippen molar-refractivity contribution in [2.24, 2.45) is 0 Å². The third-order valence-electron chi connectivity index (χ3n) is 8.87. The summed E-state index contributed by atoms with van der Waals surface area (Å²) in [6.07, 6.45) is -6.65. The number of aliphatic hydroxyl groups is 3. The first-order chi connectivity index (χ1) is 24.0. The number of fused-ring (bicyclic) bond motifs is 1. The van der Waals surface area contributed by atoms with Crippen LogP contribution in [0.4, 0.5) is 5.82 Å². The van der Waals surface area contributed by atoms with Gasteiger partial charge in [-0.15, -0.1) is 0 Å². The minimum Gasteiger partial charge on any atom is -0.387 e. The van der Waals surface area contributed by atoms with E-state index in [1.165, 1.54) is 12.7 Å². The van der Waals surface area contributed by atoms with E-state index in [9.17, 15) is 15.3 Å². The average molecular weight is 670 g/mol. The summed E-state index contributed by atoms with van der Waals surface area (Å²) in [6, 6.07) is 28.7. The Kier molecular flexibility index (Phi) is 10.2. The molecule has 7 rings (SSSR count). The number of ether oxygens (including phenoxy) is 5. The number of aromatic nitrogens is 4. The first-order valence-electron chi connectivity index (χ1n) is 16.2. The number of benzene rings is 3. The van der Waals surface area contributed by atoms with Crippen molar-refractivity contribution in [1.82, 2.24) is 19.5 Å². The molecule has 13 heteroatoms. The minimum absolute atomic E-state index is 0.0275. The van der Waals surface area contributed by atoms with Crippen molar-refractivity contribution in [3.05, 3.63) is 120 Å². The molecule has 9 atom stereocenters. The molecule has 256 valence electrons. The zero-order valence-electron chi connectivity index (χ0n) is 26.6. The average Bonchev–Trinajstić information content (AvgIpc) is 3.69. The summed E-state index contributed by atoms with van der Waals surface area (Å²) in [7, 11) is 0. The molecule has 4 heterocycles. The van der Waals surface area contributed by atoms with Crippen molar-refractivity contribution in [3.63, 3.8) is 0 Å². The molecule has 0 bridgehead atoms. The van der Waals surface area contributed by atoms with E-state index in [0.717, 1.165) is 16.7 Å². The van der Waals surface area contributed by atoms with Gasteiger partial charge in [0.15, 0.2) is 24.0 Å². The smallest absolute Gasteiger partial charge is 0.187 e. The number of hydrogen-bond donors (Lipinski definition) is 4. The van der Waals surface area contributed by atoms with Crippen molar-refractivity contribution >= 4 is 17.0 Å². The Morgan fingerprint density at radius 3 is 2.04 bits per heavy atom. The Balaban J connectivity index is 1.16. The van der Waals surface area contributed by atoms with Crippen LogP contribution in [0.5, 0.6) is 0 Å². The van der Waals surface area contributed by atoms with Crippen molar-refractivity contribution < 1.29 is 39.0 Å². The van der Waals surface area contributed by atoms with Gasteiger partial charge in [0, 0.05) is 6.42 Å². The van der Waals surface area contributed by atoms with Crippen LogP contribution in [0.15, 0.2) is 104 Å². The molecule has 0 unspecified atom stereocenters. The summed E-state index contributed by atoms with van der Waals surface area (Å²) in [5.41, 5.74) is 9.57. The van der Waals surface area contributed by atoms with Crippen molar-refractivity contribution in [1.29, 1.82) is 0 Å². The van der Waals surface area contributed by atoms with Crippen molar-refractivity contribution in [3.8, 4) is 0 Å². The Morgan fingerprint density at radius 2 is 1.35 bits per heavy atom. The number of rotatable bonds is 12. The quantitative estimate of drug-likeness (QED) is 0.153. The Bertz CT molecular complexity index is 1780. The van der Waals surface area contributed by atoms with Gasteiger partial charge in [0.05, 0.1) is 32.3 Å². The molecule has 5 N–H and O–H groups in total. The molecule has 13 nitrogen and oxygen atoms in total. The summed E-state index contributed by atoms with van der Waals surface area (Å²) in [5, 5.41) is 34.5. The standard InChI is InChI=1S/C36H39N5O8/c37-33-27-34(39-20-38-33)41(21-40-27)35-30(44)31(25(47-35)16-22-10-4-1-5-11-22)49-36-32(46-18-24-14-8-3-9-15-24)29(43)28(42)26(48-36)19-45-17-23-12-6-2-7-13-23/h1-15,20-21,25-26,28-32,35-36,42-44H,16-19H2,(H2,37,38,39)/t25-,26-,28-,29+,30-,31-,32-,35-,36-/m1/s1. The van der Waals surface area contributed by atoms with Crippen LogP contribution in [0.3, 0.4) is 0 Å². The first-order valence-corrected chi connectivity index (χ1v) is 16.2. The van der Waals surface area contributed by atoms with Crippen LogP contribution in [-0.2, 0) is 43.3 Å². The van der Waals surface area contributed by atoms with Gasteiger partial charge in [-0.1, -0.05) is 91.0 Å². The molecule has 3 aromatic carbocycles. The van der Waals surface area contributed by atoms with Crippen LogP contribution in [0, 0.1) is 0 Å². The highest BCUT2D eigenvalue weighted by atomic mass is 16.7. The maximum absolute atomic E-state index is 11.9. The predicted octanol–water partition coefficient (Wildman–Crippen LogP) is 2.54. The van der Waals surface area contributed by atoms with Gasteiger partial charge in [0.25, 0.3) is 0 Å². The van der Waals surface area contributed by atoms with Crippen LogP contribution in [0.25, 0.3) is 11.2 Å². The summed E-state index contributed by atoms with van der Waals surface area (Å²) < 4.78 is 33.1. The minimum atomic E-state index is -1.40. The van der Waals surface area contributed by atoms with Crippen LogP contribution < -0.4 is 5.73 Å². The second-order valence-electron chi connectivity index (χ2n) is 12.2. The number of nitrogen functional groups attached to an aromatic ring is 1. The Hall–Kier alpha value is -4.31. The molecular weight excluding hydrogens is 630 g/mol. The van der Waals surface area contributed by atoms with E-state index in [0.29, 0.717) is 17.6 Å². The van der Waals surface area contributed by atoms with Gasteiger partial charge in [0.2, 0.25) is 0 Å². The monoisotopic (exact) mass is 669 g/mol. The van der Waals surface area contributed by atoms with E-state index < -0.39 is 55.2 Å². The van der Waals surface area contributed by atoms with Crippen molar-refractivity contribution in [2.45, 2.75) is 74.9 Å². The molecule has 49 heavy (non-hydrogen) atoms. The maximum atomic E-state index is 11.9. The van der Waals surface area contributed by atoms with Crippen LogP contribution in [0.2, 0.25) is 0 Å². The SMILES string of the molecule is Nc1ncnc2c1ncn2[C@@H]1O[C@H](Cc2ccccc2)[C@@H](O[C@H]2O[C@H](COCc3ccccc3)[C@@H](O)[C@H](O)[C@H]2OCc2ccccc2)[C@H]1O. The Morgan fingerprint density at radius 1 is 0.694 bits per heavy atom. The third kappa shape index (κ3) is 7.34.